The van der Waals surface area contributed by atoms with Crippen LogP contribution in [0.15, 0.2) is 36.4 Å². The van der Waals surface area contributed by atoms with Crippen molar-refractivity contribution in [1.82, 2.24) is 18.8 Å². The summed E-state index contributed by atoms with van der Waals surface area (Å²) >= 11 is 1.39. The van der Waals surface area contributed by atoms with Crippen LogP contribution in [-0.2, 0) is 6.54 Å². The molecule has 0 radical (unpaired) electrons. The molecule has 128 valence electrons. The molecule has 7 heteroatoms. The maximum absolute atomic E-state index is 13.1. The molecule has 0 spiro atoms. The summed E-state index contributed by atoms with van der Waals surface area (Å²) in [6.07, 6.45) is 0. The molecule has 5 nitrogen and oxygen atoms in total. The summed E-state index contributed by atoms with van der Waals surface area (Å²) in [6, 6.07) is 9.73. The lowest BCUT2D eigenvalue weighted by molar-refractivity contribution is 0.0645. The summed E-state index contributed by atoms with van der Waals surface area (Å²) in [5.74, 6) is 0.356. The number of amides is 1. The fraction of sp³-hybridized carbons (Fsp3) is 0.278. The molecular weight excluding hydrogens is 339 g/mol. The summed E-state index contributed by atoms with van der Waals surface area (Å²) in [6.45, 7) is 5.20. The fourth-order valence-corrected chi connectivity index (χ4v) is 3.99. The van der Waals surface area contributed by atoms with Crippen molar-refractivity contribution in [2.75, 3.05) is 6.54 Å². The summed E-state index contributed by atoms with van der Waals surface area (Å²) in [5.41, 5.74) is 2.62. The molecule has 1 aliphatic rings. The first-order valence-corrected chi connectivity index (χ1v) is 8.88. The number of aromatic nitrogens is 3. The molecule has 3 aromatic rings. The summed E-state index contributed by atoms with van der Waals surface area (Å²) in [4.78, 5) is 19.1. The predicted molar refractivity (Wildman–Crippen MR) is 93.9 cm³/mol. The van der Waals surface area contributed by atoms with Crippen LogP contribution in [0.1, 0.15) is 34.8 Å². The molecule has 0 fully saturated rings. The lowest BCUT2D eigenvalue weighted by atomic mass is 10.1. The topological polar surface area (TPSA) is 51.0 Å². The van der Waals surface area contributed by atoms with Crippen molar-refractivity contribution in [3.63, 3.8) is 0 Å². The number of carbonyl (C=O) groups is 1. The first-order chi connectivity index (χ1) is 12.0. The van der Waals surface area contributed by atoms with E-state index in [2.05, 4.69) is 13.9 Å². The number of rotatable bonds is 2. The third-order valence-corrected chi connectivity index (χ3v) is 5.40. The Labute approximate surface area is 148 Å². The molecule has 2 aromatic heterocycles. The first-order valence-electron chi connectivity index (χ1n) is 8.11. The van der Waals surface area contributed by atoms with Crippen LogP contribution in [-0.4, -0.2) is 31.3 Å². The van der Waals surface area contributed by atoms with E-state index in [-0.39, 0.29) is 17.8 Å². The average Bonchev–Trinajstić information content (AvgIpc) is 3.21. The number of aryl methyl sites for hydroxylation is 1. The van der Waals surface area contributed by atoms with Crippen molar-refractivity contribution in [2.45, 2.75) is 26.4 Å². The standard InChI is InChI=1S/C18H17FN4OS/c1-11-15-7-8-16(17-20-12(2)21-25-17)23(15)10-9-22(11)18(24)13-3-5-14(19)6-4-13/h3-8,11H,9-10H2,1-2H3. The molecule has 1 unspecified atom stereocenters. The van der Waals surface area contributed by atoms with Gasteiger partial charge in [0.1, 0.15) is 11.6 Å². The van der Waals surface area contributed by atoms with Crippen molar-refractivity contribution >= 4 is 17.4 Å². The van der Waals surface area contributed by atoms with E-state index in [1.807, 2.05) is 30.9 Å². The monoisotopic (exact) mass is 356 g/mol. The molecule has 4 rings (SSSR count). The largest absolute Gasteiger partial charge is 0.339 e. The molecule has 1 atom stereocenters. The maximum atomic E-state index is 13.1. The molecule has 0 aliphatic carbocycles. The number of fused-ring (bicyclic) bond motifs is 1. The Bertz CT molecular complexity index is 931. The summed E-state index contributed by atoms with van der Waals surface area (Å²) < 4.78 is 19.6. The van der Waals surface area contributed by atoms with Crippen LogP contribution in [0, 0.1) is 12.7 Å². The van der Waals surface area contributed by atoms with Gasteiger partial charge in [-0.2, -0.15) is 4.37 Å². The average molecular weight is 356 g/mol. The van der Waals surface area contributed by atoms with Crippen molar-refractivity contribution in [1.29, 1.82) is 0 Å². The summed E-state index contributed by atoms with van der Waals surface area (Å²) in [5, 5.41) is 0.897. The fourth-order valence-electron chi connectivity index (χ4n) is 3.28. The predicted octanol–water partition coefficient (Wildman–Crippen LogP) is 3.67. The van der Waals surface area contributed by atoms with Gasteiger partial charge in [0.25, 0.3) is 5.91 Å². The van der Waals surface area contributed by atoms with E-state index in [4.69, 9.17) is 0 Å². The van der Waals surface area contributed by atoms with Crippen LogP contribution in [0.5, 0.6) is 0 Å². The van der Waals surface area contributed by atoms with Gasteiger partial charge in [0.15, 0.2) is 5.01 Å². The molecule has 0 saturated carbocycles. The number of carbonyl (C=O) groups excluding carboxylic acids is 1. The number of nitrogens with zero attached hydrogens (tertiary/aromatic N) is 4. The normalized spacial score (nSPS) is 16.8. The van der Waals surface area contributed by atoms with Crippen molar-refractivity contribution in [3.8, 4) is 10.7 Å². The summed E-state index contributed by atoms with van der Waals surface area (Å²) in [7, 11) is 0. The van der Waals surface area contributed by atoms with Crippen molar-refractivity contribution < 1.29 is 9.18 Å². The van der Waals surface area contributed by atoms with Gasteiger partial charge in [-0.3, -0.25) is 4.79 Å². The van der Waals surface area contributed by atoms with Crippen molar-refractivity contribution in [2.24, 2.45) is 0 Å². The third-order valence-electron chi connectivity index (χ3n) is 4.57. The zero-order valence-electron chi connectivity index (χ0n) is 13.9. The van der Waals surface area contributed by atoms with Gasteiger partial charge in [-0.05, 0) is 61.8 Å². The maximum Gasteiger partial charge on any atom is 0.254 e. The van der Waals surface area contributed by atoms with Crippen LogP contribution in [0.25, 0.3) is 10.7 Å². The van der Waals surface area contributed by atoms with E-state index in [1.54, 1.807) is 0 Å². The highest BCUT2D eigenvalue weighted by Gasteiger charge is 2.30. The third kappa shape index (κ3) is 2.74. The zero-order chi connectivity index (χ0) is 17.6. The van der Waals surface area contributed by atoms with Crippen molar-refractivity contribution in [3.05, 3.63) is 59.3 Å². The minimum atomic E-state index is -0.339. The molecule has 25 heavy (non-hydrogen) atoms. The van der Waals surface area contributed by atoms with E-state index in [9.17, 15) is 9.18 Å². The van der Waals surface area contributed by atoms with E-state index >= 15 is 0 Å². The quantitative estimate of drug-likeness (QED) is 0.704. The second-order valence-electron chi connectivity index (χ2n) is 6.12. The molecule has 0 bridgehead atoms. The van der Waals surface area contributed by atoms with Gasteiger partial charge >= 0.3 is 0 Å². The minimum Gasteiger partial charge on any atom is -0.339 e. The van der Waals surface area contributed by atoms with Gasteiger partial charge in [0, 0.05) is 24.3 Å². The Kier molecular flexibility index (Phi) is 3.88. The Morgan fingerprint density at radius 2 is 1.96 bits per heavy atom. The van der Waals surface area contributed by atoms with E-state index in [0.717, 1.165) is 22.2 Å². The number of hydrogen-bond acceptors (Lipinski definition) is 4. The number of benzene rings is 1. The van der Waals surface area contributed by atoms with Gasteiger partial charge < -0.3 is 9.47 Å². The molecule has 3 heterocycles. The van der Waals surface area contributed by atoms with Crippen LogP contribution >= 0.6 is 11.5 Å². The van der Waals surface area contributed by atoms with Crippen LogP contribution < -0.4 is 0 Å². The number of halogens is 1. The second-order valence-corrected chi connectivity index (χ2v) is 6.88. The zero-order valence-corrected chi connectivity index (χ0v) is 14.8. The Hall–Kier alpha value is -2.54. The van der Waals surface area contributed by atoms with E-state index in [1.165, 1.54) is 35.8 Å². The molecule has 1 aromatic carbocycles. The lowest BCUT2D eigenvalue weighted by Gasteiger charge is -2.35. The van der Waals surface area contributed by atoms with E-state index in [0.29, 0.717) is 18.7 Å². The van der Waals surface area contributed by atoms with E-state index < -0.39 is 0 Å². The Morgan fingerprint density at radius 1 is 1.20 bits per heavy atom. The highest BCUT2D eigenvalue weighted by atomic mass is 32.1. The number of hydrogen-bond donors (Lipinski definition) is 0. The SMILES string of the molecule is Cc1nsc(-c2ccc3n2CCN(C(=O)c2ccc(F)cc2)C3C)n1. The highest BCUT2D eigenvalue weighted by molar-refractivity contribution is 7.09. The van der Waals surface area contributed by atoms with Crippen LogP contribution in [0.4, 0.5) is 4.39 Å². The molecule has 1 amide bonds. The molecule has 0 N–H and O–H groups in total. The Morgan fingerprint density at radius 3 is 2.64 bits per heavy atom. The van der Waals surface area contributed by atoms with Gasteiger partial charge in [-0.1, -0.05) is 0 Å². The minimum absolute atomic E-state index is 0.0610. The molecule has 0 saturated heterocycles. The highest BCUT2D eigenvalue weighted by Crippen LogP contribution is 2.33. The van der Waals surface area contributed by atoms with Gasteiger partial charge in [-0.15, -0.1) is 0 Å². The van der Waals surface area contributed by atoms with Gasteiger partial charge in [0.2, 0.25) is 0 Å². The second kappa shape index (κ2) is 6.07. The van der Waals surface area contributed by atoms with Gasteiger partial charge in [0.05, 0.1) is 11.7 Å². The Balaban J connectivity index is 1.63. The molecular formula is C18H17FN4OS. The van der Waals surface area contributed by atoms with Crippen LogP contribution in [0.2, 0.25) is 0 Å². The molecule has 1 aliphatic heterocycles. The lowest BCUT2D eigenvalue weighted by Crippen LogP contribution is -2.41. The van der Waals surface area contributed by atoms with Crippen LogP contribution in [0.3, 0.4) is 0 Å². The smallest absolute Gasteiger partial charge is 0.254 e. The first kappa shape index (κ1) is 16.0. The van der Waals surface area contributed by atoms with Gasteiger partial charge in [-0.25, -0.2) is 9.37 Å².